The van der Waals surface area contributed by atoms with E-state index in [1.54, 1.807) is 12.1 Å². The van der Waals surface area contributed by atoms with Crippen LogP contribution in [0.2, 0.25) is 5.02 Å². The van der Waals surface area contributed by atoms with Crippen LogP contribution in [0.3, 0.4) is 0 Å². The third-order valence-electron chi connectivity index (χ3n) is 3.12. The molecular weight excluding hydrogens is 241 g/mol. The number of benzene rings is 1. The molecule has 0 aromatic heterocycles. The van der Waals surface area contributed by atoms with Crippen molar-refractivity contribution in [2.24, 2.45) is 5.41 Å². The number of nitriles is 1. The number of hydrogen-bond donors (Lipinski definition) is 0. The van der Waals surface area contributed by atoms with Gasteiger partial charge in [-0.1, -0.05) is 23.7 Å². The van der Waals surface area contributed by atoms with Gasteiger partial charge in [0.1, 0.15) is 5.82 Å². The molecule has 90 valence electrons. The fourth-order valence-corrected chi connectivity index (χ4v) is 2.36. The molecule has 1 unspecified atom stereocenters. The Hall–Kier alpha value is -1.11. The van der Waals surface area contributed by atoms with Crippen LogP contribution < -0.4 is 0 Å². The minimum absolute atomic E-state index is 0.118. The van der Waals surface area contributed by atoms with Gasteiger partial charge in [-0.3, -0.25) is 0 Å². The quantitative estimate of drug-likeness (QED) is 0.810. The second-order valence-electron chi connectivity index (χ2n) is 4.44. The van der Waals surface area contributed by atoms with E-state index in [9.17, 15) is 9.65 Å². The van der Waals surface area contributed by atoms with Crippen LogP contribution in [0.4, 0.5) is 4.39 Å². The fourth-order valence-electron chi connectivity index (χ4n) is 2.17. The first-order valence-corrected chi connectivity index (χ1v) is 5.97. The average Bonchev–Trinajstić information content (AvgIpc) is 2.36. The first-order valence-electron chi connectivity index (χ1n) is 5.59. The van der Waals surface area contributed by atoms with Gasteiger partial charge in [0.05, 0.1) is 23.1 Å². The highest BCUT2D eigenvalue weighted by molar-refractivity contribution is 6.31. The lowest BCUT2D eigenvalue weighted by Gasteiger charge is -2.30. The lowest BCUT2D eigenvalue weighted by molar-refractivity contribution is 0.0223. The second-order valence-corrected chi connectivity index (χ2v) is 4.82. The molecule has 1 heterocycles. The maximum atomic E-state index is 13.3. The summed E-state index contributed by atoms with van der Waals surface area (Å²) in [6.45, 7) is 1.09. The van der Waals surface area contributed by atoms with E-state index in [0.717, 1.165) is 12.8 Å². The molecule has 1 atom stereocenters. The zero-order chi connectivity index (χ0) is 12.3. The van der Waals surface area contributed by atoms with Gasteiger partial charge in [0, 0.05) is 6.61 Å². The van der Waals surface area contributed by atoms with Crippen molar-refractivity contribution in [2.45, 2.75) is 19.3 Å². The van der Waals surface area contributed by atoms with Crippen molar-refractivity contribution in [1.29, 1.82) is 5.26 Å². The third kappa shape index (κ3) is 2.59. The number of nitrogens with zero attached hydrogens (tertiary/aromatic N) is 1. The van der Waals surface area contributed by atoms with Gasteiger partial charge in [-0.05, 0) is 30.9 Å². The molecule has 2 nitrogen and oxygen atoms in total. The molecule has 1 fully saturated rings. The molecule has 0 spiro atoms. The van der Waals surface area contributed by atoms with Gasteiger partial charge in [-0.25, -0.2) is 4.39 Å². The number of ether oxygens (including phenoxy) is 1. The van der Waals surface area contributed by atoms with Gasteiger partial charge < -0.3 is 4.74 Å². The molecule has 1 saturated heterocycles. The van der Waals surface area contributed by atoms with Crippen molar-refractivity contribution in [3.8, 4) is 6.07 Å². The first kappa shape index (κ1) is 12.3. The molecule has 0 saturated carbocycles. The van der Waals surface area contributed by atoms with E-state index in [2.05, 4.69) is 6.07 Å². The van der Waals surface area contributed by atoms with Crippen LogP contribution in [0.5, 0.6) is 0 Å². The van der Waals surface area contributed by atoms with Crippen LogP contribution >= 0.6 is 11.6 Å². The van der Waals surface area contributed by atoms with Gasteiger partial charge >= 0.3 is 0 Å². The summed E-state index contributed by atoms with van der Waals surface area (Å²) < 4.78 is 18.7. The number of hydrogen-bond acceptors (Lipinski definition) is 2. The number of rotatable bonds is 2. The second kappa shape index (κ2) is 5.03. The molecule has 17 heavy (non-hydrogen) atoms. The fraction of sp³-hybridized carbons (Fsp3) is 0.462. The van der Waals surface area contributed by atoms with Crippen molar-refractivity contribution in [1.82, 2.24) is 0 Å². The molecule has 0 amide bonds. The summed E-state index contributed by atoms with van der Waals surface area (Å²) in [7, 11) is 0. The third-order valence-corrected chi connectivity index (χ3v) is 3.54. The van der Waals surface area contributed by atoms with Crippen LogP contribution in [0.1, 0.15) is 18.4 Å². The Labute approximate surface area is 105 Å². The van der Waals surface area contributed by atoms with Gasteiger partial charge in [0.2, 0.25) is 0 Å². The van der Waals surface area contributed by atoms with Crippen LogP contribution in [0.15, 0.2) is 18.2 Å². The van der Waals surface area contributed by atoms with Crippen LogP contribution in [-0.2, 0) is 11.2 Å². The highest BCUT2D eigenvalue weighted by Crippen LogP contribution is 2.34. The Morgan fingerprint density at radius 3 is 3.00 bits per heavy atom. The molecule has 1 aliphatic heterocycles. The van der Waals surface area contributed by atoms with E-state index in [4.69, 9.17) is 16.3 Å². The summed E-state index contributed by atoms with van der Waals surface area (Å²) >= 11 is 5.91. The Bertz CT molecular complexity index is 449. The van der Waals surface area contributed by atoms with Gasteiger partial charge in [0.25, 0.3) is 0 Å². The van der Waals surface area contributed by atoms with E-state index in [1.807, 2.05) is 0 Å². The van der Waals surface area contributed by atoms with Gasteiger partial charge in [0.15, 0.2) is 0 Å². The lowest BCUT2D eigenvalue weighted by atomic mass is 9.78. The van der Waals surface area contributed by atoms with Crippen LogP contribution in [0, 0.1) is 22.6 Å². The zero-order valence-electron chi connectivity index (χ0n) is 9.38. The summed E-state index contributed by atoms with van der Waals surface area (Å²) in [6.07, 6.45) is 2.08. The SMILES string of the molecule is N#CC1(Cc2cccc(F)c2Cl)CCCOC1. The maximum Gasteiger partial charge on any atom is 0.142 e. The van der Waals surface area contributed by atoms with E-state index in [-0.39, 0.29) is 5.02 Å². The molecular formula is C13H13ClFNO. The van der Waals surface area contributed by atoms with Crippen molar-refractivity contribution in [2.75, 3.05) is 13.2 Å². The van der Waals surface area contributed by atoms with E-state index in [0.29, 0.717) is 25.2 Å². The highest BCUT2D eigenvalue weighted by Gasteiger charge is 2.34. The average molecular weight is 254 g/mol. The van der Waals surface area contributed by atoms with Crippen molar-refractivity contribution in [3.05, 3.63) is 34.6 Å². The van der Waals surface area contributed by atoms with Crippen molar-refractivity contribution < 1.29 is 9.13 Å². The summed E-state index contributed by atoms with van der Waals surface area (Å²) in [5.41, 5.74) is 0.120. The smallest absolute Gasteiger partial charge is 0.142 e. The molecule has 1 aromatic rings. The Kier molecular flexibility index (Phi) is 3.66. The maximum absolute atomic E-state index is 13.3. The van der Waals surface area contributed by atoms with Crippen molar-refractivity contribution >= 4 is 11.6 Å². The highest BCUT2D eigenvalue weighted by atomic mass is 35.5. The molecule has 0 aliphatic carbocycles. The molecule has 1 aliphatic rings. The van der Waals surface area contributed by atoms with Crippen LogP contribution in [-0.4, -0.2) is 13.2 Å². The Morgan fingerprint density at radius 1 is 1.53 bits per heavy atom. The lowest BCUT2D eigenvalue weighted by Crippen LogP contribution is -2.32. The molecule has 0 radical (unpaired) electrons. The monoisotopic (exact) mass is 253 g/mol. The summed E-state index contributed by atoms with van der Waals surface area (Å²) in [5.74, 6) is -0.436. The van der Waals surface area contributed by atoms with Crippen LogP contribution in [0.25, 0.3) is 0 Å². The Morgan fingerprint density at radius 2 is 2.35 bits per heavy atom. The topological polar surface area (TPSA) is 33.0 Å². The van der Waals surface area contributed by atoms with E-state index >= 15 is 0 Å². The largest absolute Gasteiger partial charge is 0.380 e. The molecule has 0 N–H and O–H groups in total. The predicted molar refractivity (Wildman–Crippen MR) is 63.2 cm³/mol. The van der Waals surface area contributed by atoms with E-state index < -0.39 is 11.2 Å². The van der Waals surface area contributed by atoms with E-state index in [1.165, 1.54) is 6.07 Å². The summed E-state index contributed by atoms with van der Waals surface area (Å²) in [6, 6.07) is 7.01. The minimum Gasteiger partial charge on any atom is -0.380 e. The molecule has 0 bridgehead atoms. The summed E-state index contributed by atoms with van der Waals surface area (Å²) in [5, 5.41) is 9.41. The first-order chi connectivity index (χ1) is 8.17. The molecule has 1 aromatic carbocycles. The predicted octanol–water partition coefficient (Wildman–Crippen LogP) is 3.34. The normalized spacial score (nSPS) is 24.3. The Balaban J connectivity index is 2.24. The minimum atomic E-state index is -0.560. The van der Waals surface area contributed by atoms with Gasteiger partial charge in [-0.15, -0.1) is 0 Å². The van der Waals surface area contributed by atoms with Gasteiger partial charge in [-0.2, -0.15) is 5.26 Å². The summed E-state index contributed by atoms with van der Waals surface area (Å²) in [4.78, 5) is 0. The van der Waals surface area contributed by atoms with Crippen molar-refractivity contribution in [3.63, 3.8) is 0 Å². The molecule has 4 heteroatoms. The zero-order valence-corrected chi connectivity index (χ0v) is 10.1. The standard InChI is InChI=1S/C13H13ClFNO/c14-12-10(3-1-4-11(12)15)7-13(8-16)5-2-6-17-9-13/h1,3-4H,2,5-7,9H2. The molecule has 2 rings (SSSR count). The number of halogens is 2.